The van der Waals surface area contributed by atoms with Gasteiger partial charge in [0.2, 0.25) is 0 Å². The van der Waals surface area contributed by atoms with Crippen molar-refractivity contribution >= 4 is 27.5 Å². The van der Waals surface area contributed by atoms with Crippen LogP contribution in [0.2, 0.25) is 0 Å². The lowest BCUT2D eigenvalue weighted by Crippen LogP contribution is -2.20. The van der Waals surface area contributed by atoms with E-state index in [9.17, 15) is 9.90 Å². The molecule has 6 nitrogen and oxygen atoms in total. The number of aliphatic hydroxyl groups is 1. The lowest BCUT2D eigenvalue weighted by atomic mass is 10.2. The highest BCUT2D eigenvalue weighted by Crippen LogP contribution is 2.46. The van der Waals surface area contributed by atoms with Crippen molar-refractivity contribution in [1.29, 1.82) is 0 Å². The Labute approximate surface area is 123 Å². The fraction of sp³-hybridized carbons (Fsp3) is 0.286. The molecular weight excluding hydrogens is 292 g/mol. The highest BCUT2D eigenvalue weighted by molar-refractivity contribution is 7.20. The fourth-order valence-electron chi connectivity index (χ4n) is 2.33. The number of fused-ring (bicyclic) bond motifs is 2. The number of nitrogens with zero attached hydrogens (tertiary/aromatic N) is 1. The average molecular weight is 304 g/mol. The Balaban J connectivity index is 1.58. The summed E-state index contributed by atoms with van der Waals surface area (Å²) in [6.45, 7) is 0. The zero-order valence-corrected chi connectivity index (χ0v) is 11.7. The van der Waals surface area contributed by atoms with E-state index < -0.39 is 11.5 Å². The van der Waals surface area contributed by atoms with E-state index in [2.05, 4.69) is 4.98 Å². The summed E-state index contributed by atoms with van der Waals surface area (Å²) in [5, 5.41) is 10.1. The van der Waals surface area contributed by atoms with Crippen LogP contribution in [-0.2, 0) is 4.74 Å². The SMILES string of the molecule is NC(=O)c1nc2ccc(OC3=CCC4(O)CC4O3)cc2s1. The lowest BCUT2D eigenvalue weighted by molar-refractivity contribution is 0.0118. The Bertz CT molecular complexity index is 784. The summed E-state index contributed by atoms with van der Waals surface area (Å²) in [5.41, 5.74) is 5.24. The minimum Gasteiger partial charge on any atom is -0.459 e. The third-order valence-corrected chi connectivity index (χ3v) is 4.68. The van der Waals surface area contributed by atoms with Crippen LogP contribution in [0.1, 0.15) is 22.6 Å². The highest BCUT2D eigenvalue weighted by Gasteiger charge is 2.57. The van der Waals surface area contributed by atoms with E-state index in [0.29, 0.717) is 30.1 Å². The number of amides is 1. The zero-order chi connectivity index (χ0) is 14.6. The van der Waals surface area contributed by atoms with Gasteiger partial charge in [-0.25, -0.2) is 4.98 Å². The molecule has 0 radical (unpaired) electrons. The largest absolute Gasteiger partial charge is 0.459 e. The summed E-state index contributed by atoms with van der Waals surface area (Å²) in [4.78, 5) is 15.3. The number of primary amides is 1. The van der Waals surface area contributed by atoms with Gasteiger partial charge in [-0.05, 0) is 18.2 Å². The molecule has 2 aliphatic rings. The smallest absolute Gasteiger partial charge is 0.280 e. The molecule has 2 atom stereocenters. The van der Waals surface area contributed by atoms with Crippen molar-refractivity contribution in [1.82, 2.24) is 4.98 Å². The van der Waals surface area contributed by atoms with Crippen molar-refractivity contribution in [3.8, 4) is 5.75 Å². The van der Waals surface area contributed by atoms with E-state index in [0.717, 1.165) is 4.70 Å². The van der Waals surface area contributed by atoms with E-state index in [1.165, 1.54) is 11.3 Å². The minimum absolute atomic E-state index is 0.161. The Morgan fingerprint density at radius 3 is 3.19 bits per heavy atom. The van der Waals surface area contributed by atoms with Crippen molar-refractivity contribution in [3.63, 3.8) is 0 Å². The van der Waals surface area contributed by atoms with Crippen LogP contribution in [0.4, 0.5) is 0 Å². The van der Waals surface area contributed by atoms with Gasteiger partial charge in [-0.3, -0.25) is 4.79 Å². The Morgan fingerprint density at radius 2 is 2.43 bits per heavy atom. The van der Waals surface area contributed by atoms with Crippen molar-refractivity contribution in [3.05, 3.63) is 35.2 Å². The molecule has 2 heterocycles. The first-order valence-corrected chi connectivity index (χ1v) is 7.33. The highest BCUT2D eigenvalue weighted by atomic mass is 32.1. The van der Waals surface area contributed by atoms with Crippen molar-refractivity contribution in [2.24, 2.45) is 5.73 Å². The number of rotatable bonds is 3. The molecule has 0 saturated heterocycles. The van der Waals surface area contributed by atoms with Gasteiger partial charge in [0, 0.05) is 18.9 Å². The van der Waals surface area contributed by atoms with E-state index in [1.54, 1.807) is 24.3 Å². The molecular formula is C14H12N2O4S. The number of aromatic nitrogens is 1. The molecule has 7 heteroatoms. The van der Waals surface area contributed by atoms with Gasteiger partial charge >= 0.3 is 0 Å². The van der Waals surface area contributed by atoms with Crippen LogP contribution in [0.15, 0.2) is 30.2 Å². The molecule has 1 saturated carbocycles. The number of carbonyl (C=O) groups is 1. The third-order valence-electron chi connectivity index (χ3n) is 3.65. The first kappa shape index (κ1) is 12.6. The topological polar surface area (TPSA) is 94.7 Å². The molecule has 1 aromatic carbocycles. The van der Waals surface area contributed by atoms with Gasteiger partial charge in [-0.2, -0.15) is 0 Å². The molecule has 1 amide bonds. The predicted molar refractivity (Wildman–Crippen MR) is 75.9 cm³/mol. The molecule has 4 rings (SSSR count). The minimum atomic E-state index is -0.690. The molecule has 108 valence electrons. The summed E-state index contributed by atoms with van der Waals surface area (Å²) in [5.74, 6) is 0.464. The molecule has 1 fully saturated rings. The molecule has 1 aliphatic carbocycles. The predicted octanol–water partition coefficient (Wildman–Crippen LogP) is 1.54. The van der Waals surface area contributed by atoms with Crippen LogP contribution in [-0.4, -0.2) is 27.7 Å². The van der Waals surface area contributed by atoms with Gasteiger partial charge in [0.15, 0.2) is 5.01 Å². The Kier molecular flexibility index (Phi) is 2.51. The number of ether oxygens (including phenoxy) is 2. The van der Waals surface area contributed by atoms with Gasteiger partial charge in [-0.15, -0.1) is 11.3 Å². The number of benzene rings is 1. The number of hydrogen-bond acceptors (Lipinski definition) is 6. The van der Waals surface area contributed by atoms with E-state index in [1.807, 2.05) is 0 Å². The van der Waals surface area contributed by atoms with Crippen molar-refractivity contribution in [2.45, 2.75) is 24.5 Å². The van der Waals surface area contributed by atoms with Crippen LogP contribution in [0.25, 0.3) is 10.2 Å². The standard InChI is InChI=1S/C14H12N2O4S/c15-12(17)13-16-8-2-1-7(5-9(8)21-13)19-11-3-4-14(18)6-10(14)20-11/h1-3,5,10,18H,4,6H2,(H2,15,17). The number of carbonyl (C=O) groups excluding carboxylic acids is 1. The number of thiazole rings is 1. The van der Waals surface area contributed by atoms with Crippen LogP contribution in [0.5, 0.6) is 5.75 Å². The zero-order valence-electron chi connectivity index (χ0n) is 10.9. The summed E-state index contributed by atoms with van der Waals surface area (Å²) < 4.78 is 12.0. The summed E-state index contributed by atoms with van der Waals surface area (Å²) in [7, 11) is 0. The van der Waals surface area contributed by atoms with Gasteiger partial charge < -0.3 is 20.3 Å². The van der Waals surface area contributed by atoms with E-state index in [-0.39, 0.29) is 11.1 Å². The molecule has 0 spiro atoms. The Morgan fingerprint density at radius 1 is 1.57 bits per heavy atom. The van der Waals surface area contributed by atoms with E-state index >= 15 is 0 Å². The van der Waals surface area contributed by atoms with Crippen LogP contribution >= 0.6 is 11.3 Å². The third kappa shape index (κ3) is 2.14. The summed E-state index contributed by atoms with van der Waals surface area (Å²) in [6.07, 6.45) is 2.77. The monoisotopic (exact) mass is 304 g/mol. The second-order valence-electron chi connectivity index (χ2n) is 5.26. The molecule has 1 aromatic heterocycles. The molecule has 21 heavy (non-hydrogen) atoms. The van der Waals surface area contributed by atoms with Gasteiger partial charge in [0.05, 0.1) is 10.2 Å². The fourth-order valence-corrected chi connectivity index (χ4v) is 3.18. The normalized spacial score (nSPS) is 26.7. The van der Waals surface area contributed by atoms with Gasteiger partial charge in [-0.1, -0.05) is 0 Å². The molecule has 2 aromatic rings. The molecule has 0 bridgehead atoms. The van der Waals surface area contributed by atoms with Crippen LogP contribution < -0.4 is 10.5 Å². The lowest BCUT2D eigenvalue weighted by Gasteiger charge is -2.18. The van der Waals surface area contributed by atoms with E-state index in [4.69, 9.17) is 15.2 Å². The Hall–Kier alpha value is -2.12. The van der Waals surface area contributed by atoms with Crippen molar-refractivity contribution < 1.29 is 19.4 Å². The number of nitrogens with two attached hydrogens (primary N) is 1. The molecule has 1 aliphatic heterocycles. The van der Waals surface area contributed by atoms with Gasteiger partial charge in [0.25, 0.3) is 11.9 Å². The van der Waals surface area contributed by atoms with Crippen LogP contribution in [0.3, 0.4) is 0 Å². The second kappa shape index (κ2) is 4.19. The summed E-state index contributed by atoms with van der Waals surface area (Å²) in [6, 6.07) is 5.31. The maximum absolute atomic E-state index is 11.1. The van der Waals surface area contributed by atoms with Crippen molar-refractivity contribution in [2.75, 3.05) is 0 Å². The number of hydrogen-bond donors (Lipinski definition) is 2. The van der Waals surface area contributed by atoms with Gasteiger partial charge in [0.1, 0.15) is 17.5 Å². The second-order valence-corrected chi connectivity index (χ2v) is 6.29. The first-order valence-electron chi connectivity index (χ1n) is 6.51. The first-order chi connectivity index (χ1) is 10.0. The molecule has 3 N–H and O–H groups in total. The maximum Gasteiger partial charge on any atom is 0.280 e. The quantitative estimate of drug-likeness (QED) is 0.897. The maximum atomic E-state index is 11.1. The average Bonchev–Trinajstić information content (AvgIpc) is 2.93. The summed E-state index contributed by atoms with van der Waals surface area (Å²) >= 11 is 1.22. The van der Waals surface area contributed by atoms with Crippen LogP contribution in [0, 0.1) is 0 Å². The molecule has 2 unspecified atom stereocenters.